The summed E-state index contributed by atoms with van der Waals surface area (Å²) in [5.74, 6) is -3.22. The fourth-order valence-corrected chi connectivity index (χ4v) is 3.66. The van der Waals surface area contributed by atoms with Gasteiger partial charge in [0.2, 0.25) is 17.7 Å². The number of carboxylic acids is 1. The van der Waals surface area contributed by atoms with Crippen LogP contribution in [0.15, 0.2) is 4.99 Å². The summed E-state index contributed by atoms with van der Waals surface area (Å²) in [6.45, 7) is 4.80. The molecule has 3 amide bonds. The molecule has 5 unspecified atom stereocenters. The van der Waals surface area contributed by atoms with E-state index in [1.165, 1.54) is 0 Å². The summed E-state index contributed by atoms with van der Waals surface area (Å²) in [6.07, 6.45) is 4.25. The summed E-state index contributed by atoms with van der Waals surface area (Å²) in [5.41, 5.74) is 27.6. The van der Waals surface area contributed by atoms with Crippen LogP contribution >= 0.6 is 0 Å². The molecule has 0 radical (unpaired) electrons. The first kappa shape index (κ1) is 35.0. The molecule has 5 atom stereocenters. The second kappa shape index (κ2) is 20.1. The van der Waals surface area contributed by atoms with Gasteiger partial charge in [0.15, 0.2) is 5.96 Å². The van der Waals surface area contributed by atoms with Gasteiger partial charge in [0.1, 0.15) is 18.1 Å². The van der Waals surface area contributed by atoms with Crippen molar-refractivity contribution in [2.24, 2.45) is 39.6 Å². The van der Waals surface area contributed by atoms with Gasteiger partial charge in [0.05, 0.1) is 6.04 Å². The van der Waals surface area contributed by atoms with Crippen LogP contribution in [0, 0.1) is 5.92 Å². The number of hydrogen-bond acceptors (Lipinski definition) is 8. The van der Waals surface area contributed by atoms with E-state index in [1.807, 2.05) is 13.8 Å². The standard InChI is InChI=1S/C24H49N9O5/c1-3-15(2)19(33-20(34)16(27)9-4-6-12-25)22(36)31-17(10-5-7-13-26)21(35)32-18(23(37)38)11-8-14-30-24(28)29/h15-19H,3-14,25-27H2,1-2H3,(H,31,36)(H,32,35)(H,33,34)(H,37,38)(H4,28,29,30). The first-order chi connectivity index (χ1) is 18.0. The van der Waals surface area contributed by atoms with Crippen molar-refractivity contribution in [2.75, 3.05) is 19.6 Å². The fraction of sp³-hybridized carbons (Fsp3) is 0.792. The molecule has 38 heavy (non-hydrogen) atoms. The molecule has 0 spiro atoms. The molecule has 0 bridgehead atoms. The van der Waals surface area contributed by atoms with Gasteiger partial charge in [0.25, 0.3) is 0 Å². The highest BCUT2D eigenvalue weighted by Crippen LogP contribution is 2.11. The van der Waals surface area contributed by atoms with Crippen molar-refractivity contribution >= 4 is 29.7 Å². The van der Waals surface area contributed by atoms with Crippen LogP contribution in [0.5, 0.6) is 0 Å². The van der Waals surface area contributed by atoms with Crippen LogP contribution < -0.4 is 44.6 Å². The molecule has 0 aliphatic rings. The monoisotopic (exact) mass is 543 g/mol. The molecule has 0 aromatic rings. The molecule has 0 aliphatic heterocycles. The van der Waals surface area contributed by atoms with Gasteiger partial charge in [-0.05, 0) is 64.0 Å². The van der Waals surface area contributed by atoms with Crippen LogP contribution in [0.25, 0.3) is 0 Å². The van der Waals surface area contributed by atoms with Crippen molar-refractivity contribution in [3.05, 3.63) is 0 Å². The molecule has 0 aromatic heterocycles. The highest BCUT2D eigenvalue weighted by Gasteiger charge is 2.32. The molecule has 0 fully saturated rings. The third-order valence-electron chi connectivity index (χ3n) is 6.24. The number of unbranched alkanes of at least 4 members (excludes halogenated alkanes) is 2. The molecule has 0 aliphatic carbocycles. The molecule has 14 nitrogen and oxygen atoms in total. The molecule has 0 saturated heterocycles. The first-order valence-corrected chi connectivity index (χ1v) is 13.3. The zero-order valence-electron chi connectivity index (χ0n) is 22.8. The topological polar surface area (TPSA) is 267 Å². The maximum absolute atomic E-state index is 13.3. The van der Waals surface area contributed by atoms with Crippen molar-refractivity contribution in [3.63, 3.8) is 0 Å². The van der Waals surface area contributed by atoms with Crippen LogP contribution in [0.4, 0.5) is 0 Å². The molecule has 0 rings (SSSR count). The molecular formula is C24H49N9O5. The summed E-state index contributed by atoms with van der Waals surface area (Å²) in [4.78, 5) is 54.5. The predicted octanol–water partition coefficient (Wildman–Crippen LogP) is -1.79. The quantitative estimate of drug-likeness (QED) is 0.0445. The molecular weight excluding hydrogens is 494 g/mol. The zero-order valence-corrected chi connectivity index (χ0v) is 22.8. The lowest BCUT2D eigenvalue weighted by Gasteiger charge is -2.28. The molecule has 0 heterocycles. The van der Waals surface area contributed by atoms with Crippen molar-refractivity contribution < 1.29 is 24.3 Å². The molecule has 14 N–H and O–H groups in total. The Morgan fingerprint density at radius 2 is 1.34 bits per heavy atom. The molecule has 0 aromatic carbocycles. The number of aliphatic imine (C=N–C) groups is 1. The average Bonchev–Trinajstić information content (AvgIpc) is 2.87. The maximum atomic E-state index is 13.3. The molecule has 0 saturated carbocycles. The van der Waals surface area contributed by atoms with E-state index >= 15 is 0 Å². The number of carbonyl (C=O) groups excluding carboxylic acids is 3. The van der Waals surface area contributed by atoms with E-state index in [0.29, 0.717) is 51.6 Å². The second-order valence-electron chi connectivity index (χ2n) is 9.46. The molecule has 220 valence electrons. The number of guanidine groups is 1. The Hall–Kier alpha value is -2.97. The highest BCUT2D eigenvalue weighted by molar-refractivity contribution is 5.94. The number of carboxylic acid groups (broad SMARTS) is 1. The van der Waals surface area contributed by atoms with Gasteiger partial charge in [-0.1, -0.05) is 26.7 Å². The van der Waals surface area contributed by atoms with E-state index in [1.54, 1.807) is 0 Å². The number of rotatable bonds is 21. The van der Waals surface area contributed by atoms with E-state index in [-0.39, 0.29) is 31.3 Å². The lowest BCUT2D eigenvalue weighted by molar-refractivity contribution is -0.142. The smallest absolute Gasteiger partial charge is 0.326 e. The maximum Gasteiger partial charge on any atom is 0.326 e. The van der Waals surface area contributed by atoms with E-state index < -0.39 is 47.9 Å². The van der Waals surface area contributed by atoms with Crippen molar-refractivity contribution in [2.45, 2.75) is 95.8 Å². The number of hydrogen-bond donors (Lipinski definition) is 9. The average molecular weight is 544 g/mol. The Bertz CT molecular complexity index is 762. The summed E-state index contributed by atoms with van der Waals surface area (Å²) in [6, 6.07) is -3.93. The Labute approximate surface area is 225 Å². The van der Waals surface area contributed by atoms with Crippen LogP contribution in [0.1, 0.15) is 71.6 Å². The summed E-state index contributed by atoms with van der Waals surface area (Å²) >= 11 is 0. The predicted molar refractivity (Wildman–Crippen MR) is 147 cm³/mol. The van der Waals surface area contributed by atoms with Crippen LogP contribution in [0.3, 0.4) is 0 Å². The van der Waals surface area contributed by atoms with Crippen LogP contribution in [-0.4, -0.2) is 78.6 Å². The SMILES string of the molecule is CCC(C)C(NC(=O)C(N)CCCCN)C(=O)NC(CCCCN)C(=O)NC(CCCN=C(N)N)C(=O)O. The van der Waals surface area contributed by atoms with Crippen molar-refractivity contribution in [3.8, 4) is 0 Å². The lowest BCUT2D eigenvalue weighted by Crippen LogP contribution is -2.58. The Kier molecular flexibility index (Phi) is 18.5. The number of nitrogens with one attached hydrogen (secondary N) is 3. The van der Waals surface area contributed by atoms with Gasteiger partial charge in [-0.2, -0.15) is 0 Å². The second-order valence-corrected chi connectivity index (χ2v) is 9.46. The number of aliphatic carboxylic acids is 1. The van der Waals surface area contributed by atoms with E-state index in [4.69, 9.17) is 28.7 Å². The van der Waals surface area contributed by atoms with Gasteiger partial charge < -0.3 is 49.7 Å². The number of amides is 3. The Balaban J connectivity index is 5.49. The normalized spacial score (nSPS) is 14.9. The highest BCUT2D eigenvalue weighted by atomic mass is 16.4. The van der Waals surface area contributed by atoms with E-state index in [0.717, 1.165) is 6.42 Å². The lowest BCUT2D eigenvalue weighted by atomic mass is 9.96. The number of carbonyl (C=O) groups is 4. The van der Waals surface area contributed by atoms with Gasteiger partial charge in [-0.15, -0.1) is 0 Å². The Morgan fingerprint density at radius 3 is 1.87 bits per heavy atom. The third-order valence-corrected chi connectivity index (χ3v) is 6.24. The fourth-order valence-electron chi connectivity index (χ4n) is 3.66. The van der Waals surface area contributed by atoms with Crippen molar-refractivity contribution in [1.29, 1.82) is 0 Å². The van der Waals surface area contributed by atoms with Crippen molar-refractivity contribution in [1.82, 2.24) is 16.0 Å². The summed E-state index contributed by atoms with van der Waals surface area (Å²) < 4.78 is 0. The van der Waals surface area contributed by atoms with E-state index in [9.17, 15) is 24.3 Å². The van der Waals surface area contributed by atoms with Crippen LogP contribution in [0.2, 0.25) is 0 Å². The van der Waals surface area contributed by atoms with E-state index in [2.05, 4.69) is 20.9 Å². The minimum absolute atomic E-state index is 0.0922. The van der Waals surface area contributed by atoms with Gasteiger partial charge >= 0.3 is 5.97 Å². The molecule has 14 heteroatoms. The first-order valence-electron chi connectivity index (χ1n) is 13.3. The minimum atomic E-state index is -1.22. The minimum Gasteiger partial charge on any atom is -0.480 e. The zero-order chi connectivity index (χ0) is 29.1. The number of nitrogens with zero attached hydrogens (tertiary/aromatic N) is 1. The summed E-state index contributed by atoms with van der Waals surface area (Å²) in [7, 11) is 0. The largest absolute Gasteiger partial charge is 0.480 e. The Morgan fingerprint density at radius 1 is 0.789 bits per heavy atom. The van der Waals surface area contributed by atoms with Gasteiger partial charge in [-0.25, -0.2) is 4.79 Å². The third kappa shape index (κ3) is 14.7. The van der Waals surface area contributed by atoms with Gasteiger partial charge in [-0.3, -0.25) is 19.4 Å². The van der Waals surface area contributed by atoms with Crippen LogP contribution in [-0.2, 0) is 19.2 Å². The van der Waals surface area contributed by atoms with Gasteiger partial charge in [0, 0.05) is 6.54 Å². The number of nitrogens with two attached hydrogens (primary N) is 5. The summed E-state index contributed by atoms with van der Waals surface area (Å²) in [5, 5.41) is 17.5.